The Balaban J connectivity index is 1.90. The summed E-state index contributed by atoms with van der Waals surface area (Å²) >= 11 is 2.45. The quantitative estimate of drug-likeness (QED) is 0.420. The smallest absolute Gasteiger partial charge is 0.0705 e. The van der Waals surface area contributed by atoms with Crippen molar-refractivity contribution in [3.8, 4) is 0 Å². The van der Waals surface area contributed by atoms with Crippen molar-refractivity contribution < 1.29 is 0 Å². The summed E-state index contributed by atoms with van der Waals surface area (Å²) in [6.07, 6.45) is 6.42. The number of aryl methyl sites for hydroxylation is 1. The van der Waals surface area contributed by atoms with Gasteiger partial charge in [-0.1, -0.05) is 59.7 Å². The maximum Gasteiger partial charge on any atom is 0.0705 e. The van der Waals surface area contributed by atoms with Gasteiger partial charge in [0.2, 0.25) is 0 Å². The number of hydrogen-bond donors (Lipinski definition) is 0. The maximum absolute atomic E-state index is 4.69. The van der Waals surface area contributed by atoms with Crippen LogP contribution in [0.5, 0.6) is 0 Å². The van der Waals surface area contributed by atoms with E-state index in [0.29, 0.717) is 0 Å². The van der Waals surface area contributed by atoms with Crippen LogP contribution in [0, 0.1) is 0 Å². The molecule has 2 heteroatoms. The van der Waals surface area contributed by atoms with Crippen LogP contribution >= 0.6 is 22.6 Å². The summed E-state index contributed by atoms with van der Waals surface area (Å²) in [5.74, 6) is 0. The Hall–Kier alpha value is -0.640. The van der Waals surface area contributed by atoms with Crippen LogP contribution in [0.2, 0.25) is 0 Å². The van der Waals surface area contributed by atoms with Gasteiger partial charge in [-0.25, -0.2) is 0 Å². The first-order valence-corrected chi connectivity index (χ1v) is 7.83. The number of pyridine rings is 1. The number of alkyl halides is 1. The van der Waals surface area contributed by atoms with Crippen molar-refractivity contribution in [3.05, 3.63) is 42.1 Å². The molecule has 0 amide bonds. The molecule has 1 aromatic carbocycles. The number of fused-ring (bicyclic) bond motifs is 1. The minimum absolute atomic E-state index is 1.12. The number of para-hydroxylation sites is 1. The fourth-order valence-corrected chi connectivity index (χ4v) is 2.54. The summed E-state index contributed by atoms with van der Waals surface area (Å²) in [6.45, 7) is 0. The molecule has 0 saturated heterocycles. The number of hydrogen-bond acceptors (Lipinski definition) is 1. The summed E-state index contributed by atoms with van der Waals surface area (Å²) < 4.78 is 1.28. The van der Waals surface area contributed by atoms with Crippen LogP contribution in [0.25, 0.3) is 10.9 Å². The van der Waals surface area contributed by atoms with Crippen LogP contribution in [0.4, 0.5) is 0 Å². The van der Waals surface area contributed by atoms with E-state index in [-0.39, 0.29) is 0 Å². The molecule has 2 rings (SSSR count). The minimum atomic E-state index is 1.12. The van der Waals surface area contributed by atoms with E-state index < -0.39 is 0 Å². The van der Waals surface area contributed by atoms with Gasteiger partial charge >= 0.3 is 0 Å². The van der Waals surface area contributed by atoms with Crippen molar-refractivity contribution in [2.45, 2.75) is 32.1 Å². The molecule has 0 saturated carbocycles. The molecule has 90 valence electrons. The van der Waals surface area contributed by atoms with Gasteiger partial charge in [0, 0.05) is 11.1 Å². The molecule has 0 bridgehead atoms. The molecule has 0 aliphatic rings. The lowest BCUT2D eigenvalue weighted by Crippen LogP contribution is -1.91. The fraction of sp³-hybridized carbons (Fsp3) is 0.400. The Morgan fingerprint density at radius 3 is 2.59 bits per heavy atom. The van der Waals surface area contributed by atoms with Crippen LogP contribution in [-0.4, -0.2) is 9.41 Å². The van der Waals surface area contributed by atoms with Gasteiger partial charge in [-0.05, 0) is 35.8 Å². The average molecular weight is 339 g/mol. The summed E-state index contributed by atoms with van der Waals surface area (Å²) in [6, 6.07) is 12.7. The maximum atomic E-state index is 4.69. The van der Waals surface area contributed by atoms with E-state index in [1.165, 1.54) is 41.2 Å². The third-order valence-corrected chi connectivity index (χ3v) is 3.74. The van der Waals surface area contributed by atoms with Crippen LogP contribution in [0.1, 0.15) is 31.4 Å². The fourth-order valence-electron chi connectivity index (χ4n) is 2.00. The van der Waals surface area contributed by atoms with E-state index in [1.54, 1.807) is 0 Å². The van der Waals surface area contributed by atoms with Gasteiger partial charge in [0.15, 0.2) is 0 Å². The molecule has 0 unspecified atom stereocenters. The number of nitrogens with zero attached hydrogens (tertiary/aromatic N) is 1. The lowest BCUT2D eigenvalue weighted by atomic mass is 10.1. The predicted octanol–water partition coefficient (Wildman–Crippen LogP) is 4.77. The Bertz CT molecular complexity index is 467. The van der Waals surface area contributed by atoms with Crippen LogP contribution in [0.15, 0.2) is 36.4 Å². The molecular weight excluding hydrogens is 321 g/mol. The first kappa shape index (κ1) is 12.8. The van der Waals surface area contributed by atoms with Crippen molar-refractivity contribution in [2.24, 2.45) is 0 Å². The largest absolute Gasteiger partial charge is 0.253 e. The minimum Gasteiger partial charge on any atom is -0.253 e. The zero-order chi connectivity index (χ0) is 11.9. The standard InChI is InChI=1S/C15H18IN/c16-12-6-2-1-3-8-14-11-10-13-7-4-5-9-15(13)17-14/h4-5,7,9-11H,1-3,6,8,12H2. The second kappa shape index (κ2) is 6.94. The van der Waals surface area contributed by atoms with Crippen molar-refractivity contribution in [1.82, 2.24) is 4.98 Å². The van der Waals surface area contributed by atoms with Gasteiger partial charge in [-0.2, -0.15) is 0 Å². The number of benzene rings is 1. The van der Waals surface area contributed by atoms with Crippen molar-refractivity contribution in [1.29, 1.82) is 0 Å². The summed E-state index contributed by atoms with van der Waals surface area (Å²) in [4.78, 5) is 4.69. The van der Waals surface area contributed by atoms with E-state index in [9.17, 15) is 0 Å². The van der Waals surface area contributed by atoms with Crippen molar-refractivity contribution in [3.63, 3.8) is 0 Å². The van der Waals surface area contributed by atoms with Crippen LogP contribution in [0.3, 0.4) is 0 Å². The molecule has 17 heavy (non-hydrogen) atoms. The molecule has 0 aliphatic carbocycles. The number of rotatable bonds is 6. The Morgan fingerprint density at radius 2 is 1.71 bits per heavy atom. The second-order valence-corrected chi connectivity index (χ2v) is 5.43. The van der Waals surface area contributed by atoms with Crippen LogP contribution < -0.4 is 0 Å². The van der Waals surface area contributed by atoms with Gasteiger partial charge in [0.1, 0.15) is 0 Å². The average Bonchev–Trinajstić information content (AvgIpc) is 2.38. The summed E-state index contributed by atoms with van der Waals surface area (Å²) in [5.41, 5.74) is 2.36. The zero-order valence-electron chi connectivity index (χ0n) is 10.0. The molecule has 1 aromatic heterocycles. The second-order valence-electron chi connectivity index (χ2n) is 4.35. The van der Waals surface area contributed by atoms with E-state index in [2.05, 4.69) is 59.0 Å². The summed E-state index contributed by atoms with van der Waals surface area (Å²) in [5, 5.41) is 1.24. The molecule has 0 fully saturated rings. The third-order valence-electron chi connectivity index (χ3n) is 2.97. The molecular formula is C15H18IN. The Labute approximate surface area is 117 Å². The highest BCUT2D eigenvalue weighted by atomic mass is 127. The molecule has 0 N–H and O–H groups in total. The van der Waals surface area contributed by atoms with E-state index >= 15 is 0 Å². The molecule has 0 atom stereocenters. The lowest BCUT2D eigenvalue weighted by molar-refractivity contribution is 0.667. The van der Waals surface area contributed by atoms with Gasteiger partial charge in [-0.15, -0.1) is 0 Å². The molecule has 0 spiro atoms. The van der Waals surface area contributed by atoms with E-state index in [0.717, 1.165) is 11.9 Å². The van der Waals surface area contributed by atoms with Gasteiger partial charge in [-0.3, -0.25) is 4.98 Å². The van der Waals surface area contributed by atoms with Crippen LogP contribution in [-0.2, 0) is 6.42 Å². The highest BCUT2D eigenvalue weighted by Crippen LogP contribution is 2.13. The number of aromatic nitrogens is 1. The zero-order valence-corrected chi connectivity index (χ0v) is 12.2. The normalized spacial score (nSPS) is 10.9. The molecule has 0 aliphatic heterocycles. The Morgan fingerprint density at radius 1 is 0.882 bits per heavy atom. The van der Waals surface area contributed by atoms with Gasteiger partial charge in [0.05, 0.1) is 5.52 Å². The molecule has 2 aromatic rings. The predicted molar refractivity (Wildman–Crippen MR) is 82.8 cm³/mol. The number of unbranched alkanes of at least 4 members (excludes halogenated alkanes) is 3. The SMILES string of the molecule is ICCCCCCc1ccc2ccccc2n1. The van der Waals surface area contributed by atoms with E-state index in [4.69, 9.17) is 4.98 Å². The third kappa shape index (κ3) is 3.95. The highest BCUT2D eigenvalue weighted by Gasteiger charge is 1.98. The topological polar surface area (TPSA) is 12.9 Å². The van der Waals surface area contributed by atoms with Gasteiger partial charge in [0.25, 0.3) is 0 Å². The first-order chi connectivity index (χ1) is 8.40. The number of halogens is 1. The molecule has 0 radical (unpaired) electrons. The molecule has 1 nitrogen and oxygen atoms in total. The first-order valence-electron chi connectivity index (χ1n) is 6.31. The van der Waals surface area contributed by atoms with Gasteiger partial charge < -0.3 is 0 Å². The summed E-state index contributed by atoms with van der Waals surface area (Å²) in [7, 11) is 0. The van der Waals surface area contributed by atoms with E-state index in [1.807, 2.05) is 0 Å². The monoisotopic (exact) mass is 339 g/mol. The highest BCUT2D eigenvalue weighted by molar-refractivity contribution is 14.1. The van der Waals surface area contributed by atoms with Crippen molar-refractivity contribution >= 4 is 33.5 Å². The lowest BCUT2D eigenvalue weighted by Gasteiger charge is -2.03. The molecule has 1 heterocycles. The Kier molecular flexibility index (Phi) is 5.23. The van der Waals surface area contributed by atoms with Crippen molar-refractivity contribution in [2.75, 3.05) is 4.43 Å².